The Morgan fingerprint density at radius 1 is 1.19 bits per heavy atom. The van der Waals surface area contributed by atoms with E-state index in [1.165, 1.54) is 0 Å². The van der Waals surface area contributed by atoms with E-state index in [-0.39, 0.29) is 11.9 Å². The molecule has 1 heterocycles. The van der Waals surface area contributed by atoms with Gasteiger partial charge in [0.15, 0.2) is 0 Å². The number of carbonyl (C=O) groups is 1. The Kier molecular flexibility index (Phi) is 3.67. The van der Waals surface area contributed by atoms with Crippen LogP contribution in [0.3, 0.4) is 0 Å². The largest absolute Gasteiger partial charge is 0.361 e. The Balaban J connectivity index is 1.85. The minimum atomic E-state index is -0.106. The number of carbonyl (C=O) groups excluding carboxylic acids is 1. The first-order chi connectivity index (χ1) is 10.1. The highest BCUT2D eigenvalue weighted by Crippen LogP contribution is 2.20. The zero-order valence-corrected chi connectivity index (χ0v) is 12.3. The predicted octanol–water partition coefficient (Wildman–Crippen LogP) is 4.31. The third-order valence-corrected chi connectivity index (χ3v) is 3.77. The van der Waals surface area contributed by atoms with Crippen LogP contribution in [0.1, 0.15) is 28.9 Å². The number of fused-ring (bicyclic) bond motifs is 1. The molecule has 0 spiro atoms. The van der Waals surface area contributed by atoms with Crippen molar-refractivity contribution in [3.8, 4) is 0 Å². The number of rotatable bonds is 3. The van der Waals surface area contributed by atoms with E-state index in [1.54, 1.807) is 0 Å². The van der Waals surface area contributed by atoms with E-state index < -0.39 is 0 Å². The summed E-state index contributed by atoms with van der Waals surface area (Å²) in [6.07, 6.45) is 1.84. The average Bonchev–Trinajstić information content (AvgIpc) is 2.95. The van der Waals surface area contributed by atoms with Gasteiger partial charge in [-0.2, -0.15) is 0 Å². The van der Waals surface area contributed by atoms with Crippen LogP contribution >= 0.6 is 11.6 Å². The quantitative estimate of drug-likeness (QED) is 0.743. The number of aromatic nitrogens is 1. The highest BCUT2D eigenvalue weighted by atomic mass is 35.5. The van der Waals surface area contributed by atoms with Gasteiger partial charge in [0.1, 0.15) is 0 Å². The summed E-state index contributed by atoms with van der Waals surface area (Å²) in [5.41, 5.74) is 2.61. The molecule has 3 nitrogen and oxygen atoms in total. The molecule has 3 rings (SSSR count). The molecular formula is C17H15ClN2O. The van der Waals surface area contributed by atoms with Crippen molar-refractivity contribution in [1.82, 2.24) is 10.3 Å². The molecule has 1 atom stereocenters. The minimum absolute atomic E-state index is 0.0901. The summed E-state index contributed by atoms with van der Waals surface area (Å²) < 4.78 is 0. The second-order valence-electron chi connectivity index (χ2n) is 4.99. The summed E-state index contributed by atoms with van der Waals surface area (Å²) >= 11 is 5.99. The van der Waals surface area contributed by atoms with Gasteiger partial charge in [-0.1, -0.05) is 29.8 Å². The number of hydrogen-bond acceptors (Lipinski definition) is 1. The molecule has 2 aromatic carbocycles. The number of aromatic amines is 1. The summed E-state index contributed by atoms with van der Waals surface area (Å²) in [6.45, 7) is 1.95. The Labute approximate surface area is 127 Å². The van der Waals surface area contributed by atoms with Crippen molar-refractivity contribution in [3.63, 3.8) is 0 Å². The second-order valence-corrected chi connectivity index (χ2v) is 5.43. The van der Waals surface area contributed by atoms with E-state index in [0.29, 0.717) is 10.6 Å². The van der Waals surface area contributed by atoms with Gasteiger partial charge in [-0.3, -0.25) is 4.79 Å². The molecule has 0 saturated carbocycles. The molecule has 21 heavy (non-hydrogen) atoms. The Bertz CT molecular complexity index is 794. The molecule has 0 fully saturated rings. The van der Waals surface area contributed by atoms with Crippen molar-refractivity contribution < 1.29 is 4.79 Å². The molecule has 0 aliphatic carbocycles. The SMILES string of the molecule is CC(NC(=O)c1cccc2[nH]ccc12)c1cccc(Cl)c1. The lowest BCUT2D eigenvalue weighted by atomic mass is 10.1. The molecule has 4 heteroatoms. The topological polar surface area (TPSA) is 44.9 Å². The van der Waals surface area contributed by atoms with Crippen LogP contribution in [-0.4, -0.2) is 10.9 Å². The molecule has 0 aliphatic rings. The number of halogens is 1. The Morgan fingerprint density at radius 2 is 2.00 bits per heavy atom. The Hall–Kier alpha value is -2.26. The monoisotopic (exact) mass is 298 g/mol. The first-order valence-corrected chi connectivity index (χ1v) is 7.15. The zero-order valence-electron chi connectivity index (χ0n) is 11.6. The van der Waals surface area contributed by atoms with Crippen LogP contribution in [0, 0.1) is 0 Å². The lowest BCUT2D eigenvalue weighted by molar-refractivity contribution is 0.0941. The molecule has 0 aliphatic heterocycles. The van der Waals surface area contributed by atoms with E-state index in [9.17, 15) is 4.79 Å². The lowest BCUT2D eigenvalue weighted by Gasteiger charge is -2.15. The van der Waals surface area contributed by atoms with Crippen LogP contribution in [0.5, 0.6) is 0 Å². The van der Waals surface area contributed by atoms with Crippen LogP contribution in [0.2, 0.25) is 5.02 Å². The van der Waals surface area contributed by atoms with E-state index in [0.717, 1.165) is 16.5 Å². The standard InChI is InChI=1S/C17H15ClN2O/c1-11(12-4-2-5-13(18)10-12)20-17(21)15-6-3-7-16-14(15)8-9-19-16/h2-11,19H,1H3,(H,20,21). The van der Waals surface area contributed by atoms with Gasteiger partial charge in [0.2, 0.25) is 0 Å². The highest BCUT2D eigenvalue weighted by molar-refractivity contribution is 6.30. The second kappa shape index (κ2) is 5.62. The Morgan fingerprint density at radius 3 is 2.81 bits per heavy atom. The van der Waals surface area contributed by atoms with E-state index in [4.69, 9.17) is 11.6 Å². The van der Waals surface area contributed by atoms with Crippen molar-refractivity contribution in [2.45, 2.75) is 13.0 Å². The van der Waals surface area contributed by atoms with Gasteiger partial charge < -0.3 is 10.3 Å². The smallest absolute Gasteiger partial charge is 0.252 e. The van der Waals surface area contributed by atoms with Crippen molar-refractivity contribution in [3.05, 3.63) is 70.9 Å². The van der Waals surface area contributed by atoms with E-state index >= 15 is 0 Å². The molecule has 3 aromatic rings. The first-order valence-electron chi connectivity index (χ1n) is 6.77. The normalized spacial score (nSPS) is 12.3. The first kappa shape index (κ1) is 13.7. The fourth-order valence-corrected chi connectivity index (χ4v) is 2.62. The van der Waals surface area contributed by atoms with Crippen molar-refractivity contribution in [1.29, 1.82) is 0 Å². The van der Waals surface area contributed by atoms with Gasteiger partial charge >= 0.3 is 0 Å². The summed E-state index contributed by atoms with van der Waals surface area (Å²) in [4.78, 5) is 15.6. The van der Waals surface area contributed by atoms with Crippen LogP contribution in [-0.2, 0) is 0 Å². The van der Waals surface area contributed by atoms with Gasteiger partial charge in [-0.15, -0.1) is 0 Å². The number of hydrogen-bond donors (Lipinski definition) is 2. The van der Waals surface area contributed by atoms with Crippen LogP contribution < -0.4 is 5.32 Å². The maximum Gasteiger partial charge on any atom is 0.252 e. The molecule has 0 radical (unpaired) electrons. The molecule has 0 bridgehead atoms. The minimum Gasteiger partial charge on any atom is -0.361 e. The number of amides is 1. The molecular weight excluding hydrogens is 284 g/mol. The maximum atomic E-state index is 12.5. The molecule has 1 aromatic heterocycles. The molecule has 106 valence electrons. The number of H-pyrrole nitrogens is 1. The van der Waals surface area contributed by atoms with E-state index in [2.05, 4.69) is 10.3 Å². The van der Waals surface area contributed by atoms with Gasteiger partial charge in [0.25, 0.3) is 5.91 Å². The highest BCUT2D eigenvalue weighted by Gasteiger charge is 2.14. The summed E-state index contributed by atoms with van der Waals surface area (Å²) in [7, 11) is 0. The number of benzene rings is 2. The van der Waals surface area contributed by atoms with Crippen LogP contribution in [0.25, 0.3) is 10.9 Å². The van der Waals surface area contributed by atoms with Crippen molar-refractivity contribution >= 4 is 28.4 Å². The van der Waals surface area contributed by atoms with Gasteiger partial charge in [0.05, 0.1) is 6.04 Å². The van der Waals surface area contributed by atoms with Crippen molar-refractivity contribution in [2.75, 3.05) is 0 Å². The fraction of sp³-hybridized carbons (Fsp3) is 0.118. The third-order valence-electron chi connectivity index (χ3n) is 3.54. The summed E-state index contributed by atoms with van der Waals surface area (Å²) in [6, 6.07) is 15.0. The van der Waals surface area contributed by atoms with Gasteiger partial charge in [-0.25, -0.2) is 0 Å². The van der Waals surface area contributed by atoms with Crippen LogP contribution in [0.4, 0.5) is 0 Å². The zero-order chi connectivity index (χ0) is 14.8. The summed E-state index contributed by atoms with van der Waals surface area (Å²) in [5, 5.41) is 4.60. The van der Waals surface area contributed by atoms with E-state index in [1.807, 2.05) is 61.7 Å². The van der Waals surface area contributed by atoms with Crippen molar-refractivity contribution in [2.24, 2.45) is 0 Å². The third kappa shape index (κ3) is 2.78. The predicted molar refractivity (Wildman–Crippen MR) is 85.6 cm³/mol. The average molecular weight is 299 g/mol. The number of nitrogens with one attached hydrogen (secondary N) is 2. The molecule has 2 N–H and O–H groups in total. The summed E-state index contributed by atoms with van der Waals surface area (Å²) in [5.74, 6) is -0.0901. The fourth-order valence-electron chi connectivity index (χ4n) is 2.42. The van der Waals surface area contributed by atoms with Crippen LogP contribution in [0.15, 0.2) is 54.7 Å². The molecule has 1 unspecified atom stereocenters. The van der Waals surface area contributed by atoms with Gasteiger partial charge in [-0.05, 0) is 42.8 Å². The maximum absolute atomic E-state index is 12.5. The molecule has 0 saturated heterocycles. The lowest BCUT2D eigenvalue weighted by Crippen LogP contribution is -2.26. The van der Waals surface area contributed by atoms with Gasteiger partial charge in [0, 0.05) is 27.7 Å². The molecule has 1 amide bonds.